The molecule has 0 unspecified atom stereocenters. The Bertz CT molecular complexity index is 599. The van der Waals surface area contributed by atoms with Gasteiger partial charge in [-0.15, -0.1) is 0 Å². The van der Waals surface area contributed by atoms with Crippen molar-refractivity contribution in [2.45, 2.75) is 57.1 Å². The molecule has 2 heterocycles. The smallest absolute Gasteiger partial charge is 0.270 e. The standard InChI is InChI=1S/C17H23N3O2/c1-17(22)7-3-2-5-13(17)15-6-4-8-20(15)16(21)14-9-12(10-18)11-19-14/h9,11,13,15,19,22H,2-8H2,1H3/t13-,15-,17-/m0/s1. The van der Waals surface area contributed by atoms with Crippen molar-refractivity contribution in [1.29, 1.82) is 5.26 Å². The highest BCUT2D eigenvalue weighted by atomic mass is 16.3. The summed E-state index contributed by atoms with van der Waals surface area (Å²) < 4.78 is 0. The fourth-order valence-corrected chi connectivity index (χ4v) is 4.15. The maximum atomic E-state index is 12.7. The monoisotopic (exact) mass is 301 g/mol. The van der Waals surface area contributed by atoms with E-state index in [1.807, 2.05) is 17.9 Å². The third kappa shape index (κ3) is 2.64. The summed E-state index contributed by atoms with van der Waals surface area (Å²) in [5, 5.41) is 19.6. The maximum Gasteiger partial charge on any atom is 0.270 e. The molecule has 3 rings (SSSR count). The summed E-state index contributed by atoms with van der Waals surface area (Å²) in [4.78, 5) is 17.5. The Morgan fingerprint density at radius 3 is 2.95 bits per heavy atom. The molecule has 0 bridgehead atoms. The van der Waals surface area contributed by atoms with Gasteiger partial charge in [0.2, 0.25) is 0 Å². The van der Waals surface area contributed by atoms with Crippen molar-refractivity contribution < 1.29 is 9.90 Å². The topological polar surface area (TPSA) is 80.1 Å². The summed E-state index contributed by atoms with van der Waals surface area (Å²) in [6.45, 7) is 2.65. The highest BCUT2D eigenvalue weighted by Gasteiger charge is 2.44. The van der Waals surface area contributed by atoms with Crippen LogP contribution in [0.15, 0.2) is 12.3 Å². The molecule has 1 aromatic heterocycles. The Balaban J connectivity index is 1.80. The van der Waals surface area contributed by atoms with E-state index in [-0.39, 0.29) is 17.9 Å². The first-order valence-electron chi connectivity index (χ1n) is 8.15. The van der Waals surface area contributed by atoms with Crippen LogP contribution in [0.1, 0.15) is 61.5 Å². The van der Waals surface area contributed by atoms with Gasteiger partial charge in [0.25, 0.3) is 5.91 Å². The first-order chi connectivity index (χ1) is 10.5. The lowest BCUT2D eigenvalue weighted by Crippen LogP contribution is -2.50. The van der Waals surface area contributed by atoms with Crippen molar-refractivity contribution in [3.05, 3.63) is 23.5 Å². The Hall–Kier alpha value is -1.80. The number of hydrogen-bond acceptors (Lipinski definition) is 3. The third-order valence-electron chi connectivity index (χ3n) is 5.31. The summed E-state index contributed by atoms with van der Waals surface area (Å²) >= 11 is 0. The molecule has 2 aliphatic rings. The highest BCUT2D eigenvalue weighted by molar-refractivity contribution is 5.93. The number of aromatic nitrogens is 1. The summed E-state index contributed by atoms with van der Waals surface area (Å²) in [7, 11) is 0. The molecular weight excluding hydrogens is 278 g/mol. The second-order valence-electron chi connectivity index (χ2n) is 6.83. The minimum Gasteiger partial charge on any atom is -0.390 e. The quantitative estimate of drug-likeness (QED) is 0.880. The van der Waals surface area contributed by atoms with E-state index in [1.165, 1.54) is 0 Å². The van der Waals surface area contributed by atoms with Gasteiger partial charge in [-0.05, 0) is 38.7 Å². The first-order valence-corrected chi connectivity index (χ1v) is 8.15. The molecule has 22 heavy (non-hydrogen) atoms. The molecule has 1 saturated heterocycles. The molecule has 5 nitrogen and oxygen atoms in total. The van der Waals surface area contributed by atoms with E-state index in [0.29, 0.717) is 11.3 Å². The molecule has 0 aromatic carbocycles. The third-order valence-corrected chi connectivity index (χ3v) is 5.31. The molecule has 0 spiro atoms. The predicted molar refractivity (Wildman–Crippen MR) is 82.1 cm³/mol. The highest BCUT2D eigenvalue weighted by Crippen LogP contribution is 2.41. The van der Waals surface area contributed by atoms with Crippen molar-refractivity contribution in [2.24, 2.45) is 5.92 Å². The molecule has 1 aromatic rings. The summed E-state index contributed by atoms with van der Waals surface area (Å²) in [6, 6.07) is 3.75. The number of carbonyl (C=O) groups excluding carboxylic acids is 1. The normalized spacial score (nSPS) is 32.0. The van der Waals surface area contributed by atoms with Gasteiger partial charge in [0.1, 0.15) is 11.8 Å². The molecule has 1 aliphatic carbocycles. The number of nitrogens with zero attached hydrogens (tertiary/aromatic N) is 2. The van der Waals surface area contributed by atoms with Gasteiger partial charge in [-0.25, -0.2) is 0 Å². The summed E-state index contributed by atoms with van der Waals surface area (Å²) in [6.07, 6.45) is 7.49. The van der Waals surface area contributed by atoms with Crippen LogP contribution in [0.3, 0.4) is 0 Å². The van der Waals surface area contributed by atoms with Crippen LogP contribution in [0.4, 0.5) is 0 Å². The van der Waals surface area contributed by atoms with Crippen molar-refractivity contribution in [2.75, 3.05) is 6.54 Å². The number of likely N-dealkylation sites (tertiary alicyclic amines) is 1. The van der Waals surface area contributed by atoms with Crippen LogP contribution >= 0.6 is 0 Å². The zero-order chi connectivity index (χ0) is 15.7. The largest absolute Gasteiger partial charge is 0.390 e. The Labute approximate surface area is 130 Å². The number of carbonyl (C=O) groups is 1. The van der Waals surface area contributed by atoms with E-state index < -0.39 is 5.60 Å². The van der Waals surface area contributed by atoms with E-state index in [2.05, 4.69) is 4.98 Å². The van der Waals surface area contributed by atoms with Crippen LogP contribution in [-0.2, 0) is 0 Å². The van der Waals surface area contributed by atoms with Gasteiger partial charge < -0.3 is 15.0 Å². The fourth-order valence-electron chi connectivity index (χ4n) is 4.15. The van der Waals surface area contributed by atoms with Crippen molar-refractivity contribution in [1.82, 2.24) is 9.88 Å². The maximum absolute atomic E-state index is 12.7. The number of aromatic amines is 1. The van der Waals surface area contributed by atoms with Crippen LogP contribution in [0, 0.1) is 17.2 Å². The molecule has 1 saturated carbocycles. The van der Waals surface area contributed by atoms with Crippen LogP contribution in [-0.4, -0.2) is 39.1 Å². The van der Waals surface area contributed by atoms with Gasteiger partial charge >= 0.3 is 0 Å². The number of hydrogen-bond donors (Lipinski definition) is 2. The second kappa shape index (κ2) is 5.77. The molecule has 2 fully saturated rings. The molecule has 1 aliphatic heterocycles. The lowest BCUT2D eigenvalue weighted by molar-refractivity contribution is -0.0578. The van der Waals surface area contributed by atoms with E-state index in [0.717, 1.165) is 45.1 Å². The molecule has 1 amide bonds. The minimum atomic E-state index is -0.681. The molecule has 118 valence electrons. The Morgan fingerprint density at radius 2 is 2.27 bits per heavy atom. The van der Waals surface area contributed by atoms with Crippen LogP contribution in [0.2, 0.25) is 0 Å². The Morgan fingerprint density at radius 1 is 1.45 bits per heavy atom. The van der Waals surface area contributed by atoms with Crippen LogP contribution in [0.25, 0.3) is 0 Å². The van der Waals surface area contributed by atoms with Crippen LogP contribution < -0.4 is 0 Å². The summed E-state index contributed by atoms with van der Waals surface area (Å²) in [5.74, 6) is 0.100. The SMILES string of the molecule is C[C@]1(O)CCCC[C@H]1[C@@H]1CCCN1C(=O)c1cc(C#N)c[nH]1. The van der Waals surface area contributed by atoms with Gasteiger partial charge in [0, 0.05) is 24.7 Å². The zero-order valence-corrected chi connectivity index (χ0v) is 13.0. The molecule has 3 atom stereocenters. The van der Waals surface area contributed by atoms with Crippen molar-refractivity contribution in [3.8, 4) is 6.07 Å². The lowest BCUT2D eigenvalue weighted by atomic mass is 9.72. The molecule has 0 radical (unpaired) electrons. The van der Waals surface area contributed by atoms with Crippen molar-refractivity contribution in [3.63, 3.8) is 0 Å². The first kappa shape index (κ1) is 15.1. The molecule has 5 heteroatoms. The number of nitriles is 1. The van der Waals surface area contributed by atoms with Gasteiger partial charge in [-0.2, -0.15) is 5.26 Å². The van der Waals surface area contributed by atoms with E-state index in [1.54, 1.807) is 12.3 Å². The number of H-pyrrole nitrogens is 1. The molecular formula is C17H23N3O2. The van der Waals surface area contributed by atoms with Crippen LogP contribution in [0.5, 0.6) is 0 Å². The number of aliphatic hydroxyl groups is 1. The number of nitrogens with one attached hydrogen (secondary N) is 1. The van der Waals surface area contributed by atoms with Gasteiger partial charge in [-0.3, -0.25) is 4.79 Å². The fraction of sp³-hybridized carbons (Fsp3) is 0.647. The minimum absolute atomic E-state index is 0.0506. The van der Waals surface area contributed by atoms with E-state index in [4.69, 9.17) is 5.26 Å². The zero-order valence-electron chi connectivity index (χ0n) is 13.0. The van der Waals surface area contributed by atoms with E-state index >= 15 is 0 Å². The van der Waals surface area contributed by atoms with E-state index in [9.17, 15) is 9.90 Å². The number of rotatable bonds is 2. The Kier molecular flexibility index (Phi) is 3.96. The van der Waals surface area contributed by atoms with Gasteiger partial charge in [0.15, 0.2) is 0 Å². The number of amides is 1. The summed E-state index contributed by atoms with van der Waals surface area (Å²) in [5.41, 5.74) is 0.266. The second-order valence-corrected chi connectivity index (χ2v) is 6.83. The van der Waals surface area contributed by atoms with Crippen molar-refractivity contribution >= 4 is 5.91 Å². The average molecular weight is 301 g/mol. The average Bonchev–Trinajstić information content (AvgIpc) is 3.15. The van der Waals surface area contributed by atoms with Gasteiger partial charge in [-0.1, -0.05) is 12.8 Å². The predicted octanol–water partition coefficient (Wildman–Crippen LogP) is 2.43. The lowest BCUT2D eigenvalue weighted by Gasteiger charge is -2.43. The molecule has 2 N–H and O–H groups in total. The van der Waals surface area contributed by atoms with Gasteiger partial charge in [0.05, 0.1) is 11.2 Å².